The largest absolute Gasteiger partial charge is 0.312 e. The van der Waals surface area contributed by atoms with Gasteiger partial charge in [-0.2, -0.15) is 0 Å². The second-order valence-electron chi connectivity index (χ2n) is 5.32. The topological polar surface area (TPSA) is 42.7 Å². The predicted molar refractivity (Wildman–Crippen MR) is 73.5 cm³/mol. The summed E-state index contributed by atoms with van der Waals surface area (Å²) in [7, 11) is 2.01. The van der Waals surface area contributed by atoms with Gasteiger partial charge in [-0.1, -0.05) is 11.8 Å². The molecule has 0 atom stereocenters. The molecule has 5 heteroatoms. The molecule has 0 amide bonds. The molecule has 0 aliphatic rings. The summed E-state index contributed by atoms with van der Waals surface area (Å²) in [4.78, 5) is 0. The number of hydrogen-bond donors (Lipinski definition) is 1. The molecule has 0 saturated carbocycles. The van der Waals surface area contributed by atoms with Crippen molar-refractivity contribution < 1.29 is 0 Å². The summed E-state index contributed by atoms with van der Waals surface area (Å²) in [6.07, 6.45) is 2.42. The Morgan fingerprint density at radius 1 is 1.24 bits per heavy atom. The molecule has 0 spiro atoms. The zero-order valence-corrected chi connectivity index (χ0v) is 12.4. The molecule has 1 aromatic heterocycles. The molecule has 0 aliphatic heterocycles. The Balaban J connectivity index is 2.11. The first-order valence-corrected chi connectivity index (χ1v) is 7.12. The van der Waals surface area contributed by atoms with Crippen molar-refractivity contribution in [3.8, 4) is 0 Å². The number of thioether (sulfide) groups is 1. The van der Waals surface area contributed by atoms with Crippen LogP contribution in [0, 0.1) is 6.92 Å². The van der Waals surface area contributed by atoms with Crippen molar-refractivity contribution in [2.24, 2.45) is 7.05 Å². The van der Waals surface area contributed by atoms with Crippen LogP contribution in [0.5, 0.6) is 0 Å². The molecule has 98 valence electrons. The lowest BCUT2D eigenvalue weighted by atomic mass is 10.1. The fourth-order valence-corrected chi connectivity index (χ4v) is 2.32. The van der Waals surface area contributed by atoms with Crippen LogP contribution < -0.4 is 5.32 Å². The van der Waals surface area contributed by atoms with Crippen LogP contribution in [0.4, 0.5) is 0 Å². The first kappa shape index (κ1) is 14.5. The molecule has 1 rings (SSSR count). The van der Waals surface area contributed by atoms with Crippen molar-refractivity contribution >= 4 is 11.8 Å². The second-order valence-corrected chi connectivity index (χ2v) is 6.38. The van der Waals surface area contributed by atoms with Crippen LogP contribution >= 0.6 is 11.8 Å². The van der Waals surface area contributed by atoms with E-state index in [1.165, 1.54) is 12.8 Å². The number of aryl methyl sites for hydroxylation is 1. The van der Waals surface area contributed by atoms with Gasteiger partial charge in [0.1, 0.15) is 5.82 Å². The summed E-state index contributed by atoms with van der Waals surface area (Å²) >= 11 is 1.79. The molecule has 0 saturated heterocycles. The van der Waals surface area contributed by atoms with E-state index in [-0.39, 0.29) is 5.54 Å². The molecule has 0 radical (unpaired) electrons. The number of nitrogens with one attached hydrogen (secondary N) is 1. The SMILES string of the molecule is Cc1nnc(SCCCCNC(C)(C)C)n1C. The predicted octanol–water partition coefficient (Wildman–Crippen LogP) is 2.38. The number of aromatic nitrogens is 3. The molecular weight excluding hydrogens is 232 g/mol. The average molecular weight is 256 g/mol. The monoisotopic (exact) mass is 256 g/mol. The van der Waals surface area contributed by atoms with Gasteiger partial charge in [-0.15, -0.1) is 10.2 Å². The molecule has 0 aliphatic carbocycles. The van der Waals surface area contributed by atoms with E-state index in [0.29, 0.717) is 0 Å². The fraction of sp³-hybridized carbons (Fsp3) is 0.833. The van der Waals surface area contributed by atoms with Gasteiger partial charge in [-0.25, -0.2) is 0 Å². The maximum absolute atomic E-state index is 4.13. The van der Waals surface area contributed by atoms with E-state index < -0.39 is 0 Å². The summed E-state index contributed by atoms with van der Waals surface area (Å²) in [5.41, 5.74) is 0.230. The van der Waals surface area contributed by atoms with Crippen molar-refractivity contribution in [1.29, 1.82) is 0 Å². The molecule has 0 aromatic carbocycles. The number of nitrogens with zero attached hydrogens (tertiary/aromatic N) is 3. The highest BCUT2D eigenvalue weighted by atomic mass is 32.2. The Morgan fingerprint density at radius 3 is 2.47 bits per heavy atom. The molecule has 1 heterocycles. The van der Waals surface area contributed by atoms with E-state index in [0.717, 1.165) is 23.3 Å². The Morgan fingerprint density at radius 2 is 1.94 bits per heavy atom. The van der Waals surface area contributed by atoms with Crippen LogP contribution in [0.2, 0.25) is 0 Å². The Hall–Kier alpha value is -0.550. The summed E-state index contributed by atoms with van der Waals surface area (Å²) in [5.74, 6) is 2.08. The number of unbranched alkanes of at least 4 members (excludes halogenated alkanes) is 1. The first-order valence-electron chi connectivity index (χ1n) is 6.14. The molecule has 0 unspecified atom stereocenters. The van der Waals surface area contributed by atoms with E-state index in [1.807, 2.05) is 18.5 Å². The summed E-state index contributed by atoms with van der Waals surface area (Å²) in [5, 5.41) is 12.7. The van der Waals surface area contributed by atoms with Crippen molar-refractivity contribution in [2.45, 2.75) is 51.2 Å². The van der Waals surface area contributed by atoms with Gasteiger partial charge in [0.15, 0.2) is 5.16 Å². The third-order valence-electron chi connectivity index (χ3n) is 2.51. The standard InChI is InChI=1S/C12H24N4S/c1-10-14-15-11(16(10)5)17-9-7-6-8-13-12(2,3)4/h13H,6-9H2,1-5H3. The Labute approximate surface area is 109 Å². The highest BCUT2D eigenvalue weighted by Gasteiger charge is 2.07. The maximum Gasteiger partial charge on any atom is 0.190 e. The van der Waals surface area contributed by atoms with Crippen molar-refractivity contribution in [3.05, 3.63) is 5.82 Å². The van der Waals surface area contributed by atoms with Crippen LogP contribution in [0.25, 0.3) is 0 Å². The summed E-state index contributed by atoms with van der Waals surface area (Å²) in [6, 6.07) is 0. The molecule has 17 heavy (non-hydrogen) atoms. The molecule has 1 N–H and O–H groups in total. The van der Waals surface area contributed by atoms with E-state index in [9.17, 15) is 0 Å². The number of hydrogen-bond acceptors (Lipinski definition) is 4. The van der Waals surface area contributed by atoms with Gasteiger partial charge in [-0.05, 0) is 47.1 Å². The number of rotatable bonds is 6. The molecule has 0 bridgehead atoms. The molecule has 4 nitrogen and oxygen atoms in total. The van der Waals surface area contributed by atoms with Crippen molar-refractivity contribution in [3.63, 3.8) is 0 Å². The lowest BCUT2D eigenvalue weighted by molar-refractivity contribution is 0.421. The van der Waals surface area contributed by atoms with Crippen LogP contribution in [-0.2, 0) is 7.05 Å². The molecule has 1 aromatic rings. The van der Waals surface area contributed by atoms with E-state index in [4.69, 9.17) is 0 Å². The molecule has 0 fully saturated rings. The van der Waals surface area contributed by atoms with Gasteiger partial charge in [0.25, 0.3) is 0 Å². The second kappa shape index (κ2) is 6.40. The van der Waals surface area contributed by atoms with E-state index >= 15 is 0 Å². The van der Waals surface area contributed by atoms with E-state index in [2.05, 4.69) is 36.3 Å². The first-order chi connectivity index (χ1) is 7.90. The average Bonchev–Trinajstić information content (AvgIpc) is 2.53. The van der Waals surface area contributed by atoms with Crippen LogP contribution in [0.1, 0.15) is 39.4 Å². The van der Waals surface area contributed by atoms with Crippen molar-refractivity contribution in [1.82, 2.24) is 20.1 Å². The van der Waals surface area contributed by atoms with Crippen LogP contribution in [-0.4, -0.2) is 32.6 Å². The van der Waals surface area contributed by atoms with Gasteiger partial charge in [0, 0.05) is 18.3 Å². The lowest BCUT2D eigenvalue weighted by Gasteiger charge is -2.20. The fourth-order valence-electron chi connectivity index (χ4n) is 1.37. The smallest absolute Gasteiger partial charge is 0.190 e. The highest BCUT2D eigenvalue weighted by Crippen LogP contribution is 2.16. The lowest BCUT2D eigenvalue weighted by Crippen LogP contribution is -2.36. The summed E-state index contributed by atoms with van der Waals surface area (Å²) in [6.45, 7) is 9.66. The van der Waals surface area contributed by atoms with Gasteiger partial charge >= 0.3 is 0 Å². The van der Waals surface area contributed by atoms with Gasteiger partial charge in [0.2, 0.25) is 0 Å². The zero-order chi connectivity index (χ0) is 12.9. The minimum atomic E-state index is 0.230. The quantitative estimate of drug-likeness (QED) is 0.627. The van der Waals surface area contributed by atoms with Gasteiger partial charge in [-0.3, -0.25) is 0 Å². The van der Waals surface area contributed by atoms with Gasteiger partial charge < -0.3 is 9.88 Å². The zero-order valence-electron chi connectivity index (χ0n) is 11.6. The maximum atomic E-state index is 4.13. The minimum absolute atomic E-state index is 0.230. The molecular formula is C12H24N4S. The summed E-state index contributed by atoms with van der Waals surface area (Å²) < 4.78 is 2.04. The Kier molecular flexibility index (Phi) is 5.46. The highest BCUT2D eigenvalue weighted by molar-refractivity contribution is 7.99. The van der Waals surface area contributed by atoms with Crippen molar-refractivity contribution in [2.75, 3.05) is 12.3 Å². The third kappa shape index (κ3) is 5.55. The normalized spacial score (nSPS) is 12.1. The Bertz CT molecular complexity index is 341. The van der Waals surface area contributed by atoms with Crippen LogP contribution in [0.15, 0.2) is 5.16 Å². The third-order valence-corrected chi connectivity index (χ3v) is 3.62. The van der Waals surface area contributed by atoms with Crippen LogP contribution in [0.3, 0.4) is 0 Å². The van der Waals surface area contributed by atoms with E-state index in [1.54, 1.807) is 11.8 Å². The minimum Gasteiger partial charge on any atom is -0.312 e. The van der Waals surface area contributed by atoms with Gasteiger partial charge in [0.05, 0.1) is 0 Å².